The molecule has 3 heterocycles. The summed E-state index contributed by atoms with van der Waals surface area (Å²) >= 11 is 2.02. The molecule has 1 saturated heterocycles. The van der Waals surface area contributed by atoms with Crippen LogP contribution in [0.1, 0.15) is 35.4 Å². The second kappa shape index (κ2) is 6.33. The SMILES string of the molecule is Cc1cc(C#N)ccc1-c1cc2c3c(c1)[C@@H]1CNCC[C@@H]1N3CCCS2. The van der Waals surface area contributed by atoms with Gasteiger partial charge in [0, 0.05) is 29.9 Å². The smallest absolute Gasteiger partial charge is 0.0991 e. The zero-order valence-corrected chi connectivity index (χ0v) is 15.9. The van der Waals surface area contributed by atoms with E-state index in [9.17, 15) is 0 Å². The van der Waals surface area contributed by atoms with Gasteiger partial charge in [0.2, 0.25) is 0 Å². The van der Waals surface area contributed by atoms with Crippen LogP contribution in [-0.4, -0.2) is 31.4 Å². The number of hydrogen-bond acceptors (Lipinski definition) is 4. The number of hydrogen-bond donors (Lipinski definition) is 1. The Bertz CT molecular complexity index is 914. The number of nitrogens with zero attached hydrogens (tertiary/aromatic N) is 2. The average molecular weight is 362 g/mol. The number of benzene rings is 2. The Morgan fingerprint density at radius 1 is 1.27 bits per heavy atom. The van der Waals surface area contributed by atoms with E-state index in [0.29, 0.717) is 12.0 Å². The van der Waals surface area contributed by atoms with Gasteiger partial charge < -0.3 is 10.2 Å². The largest absolute Gasteiger partial charge is 0.367 e. The van der Waals surface area contributed by atoms with Crippen LogP contribution in [0, 0.1) is 18.3 Å². The fourth-order valence-corrected chi connectivity index (χ4v) is 6.01. The number of piperidine rings is 1. The monoisotopic (exact) mass is 361 g/mol. The lowest BCUT2D eigenvalue weighted by atomic mass is 9.88. The van der Waals surface area contributed by atoms with Crippen molar-refractivity contribution in [3.63, 3.8) is 0 Å². The van der Waals surface area contributed by atoms with Gasteiger partial charge in [-0.15, -0.1) is 11.8 Å². The van der Waals surface area contributed by atoms with E-state index in [1.54, 1.807) is 0 Å². The van der Waals surface area contributed by atoms with E-state index in [-0.39, 0.29) is 0 Å². The maximum absolute atomic E-state index is 9.16. The van der Waals surface area contributed by atoms with E-state index in [0.717, 1.165) is 18.7 Å². The molecule has 5 rings (SSSR count). The summed E-state index contributed by atoms with van der Waals surface area (Å²) in [5.41, 5.74) is 7.53. The number of nitriles is 1. The molecule has 1 N–H and O–H groups in total. The number of rotatable bonds is 1. The molecule has 2 atom stereocenters. The minimum atomic E-state index is 0.606. The number of fused-ring (bicyclic) bond motifs is 3. The second-order valence-electron chi connectivity index (χ2n) is 7.62. The quantitative estimate of drug-likeness (QED) is 0.822. The van der Waals surface area contributed by atoms with Crippen LogP contribution >= 0.6 is 11.8 Å². The highest BCUT2D eigenvalue weighted by Gasteiger charge is 2.41. The lowest BCUT2D eigenvalue weighted by Gasteiger charge is -2.33. The molecular weight excluding hydrogens is 338 g/mol. The highest BCUT2D eigenvalue weighted by molar-refractivity contribution is 7.99. The molecule has 0 spiro atoms. The number of anilines is 1. The minimum absolute atomic E-state index is 0.606. The van der Waals surface area contributed by atoms with Gasteiger partial charge in [-0.05, 0) is 78.6 Å². The van der Waals surface area contributed by atoms with Crippen LogP contribution in [0.5, 0.6) is 0 Å². The van der Waals surface area contributed by atoms with E-state index < -0.39 is 0 Å². The summed E-state index contributed by atoms with van der Waals surface area (Å²) in [6, 6.07) is 13.8. The van der Waals surface area contributed by atoms with Crippen molar-refractivity contribution in [1.82, 2.24) is 5.32 Å². The Balaban J connectivity index is 1.67. The molecule has 132 valence electrons. The third-order valence-electron chi connectivity index (χ3n) is 6.10. The standard InChI is InChI=1S/C22H23N3S/c1-14-9-15(12-23)3-4-17(14)16-10-18-19-13-24-6-5-20(19)25-7-2-8-26-21(11-16)22(18)25/h3-4,9-11,19-20,24H,2,5-8,13H2,1H3/t19-,20-/m0/s1. The van der Waals surface area contributed by atoms with Gasteiger partial charge in [0.05, 0.1) is 17.3 Å². The van der Waals surface area contributed by atoms with Crippen molar-refractivity contribution in [2.75, 3.05) is 30.3 Å². The van der Waals surface area contributed by atoms with E-state index in [2.05, 4.69) is 41.4 Å². The van der Waals surface area contributed by atoms with Crippen molar-refractivity contribution in [3.8, 4) is 17.2 Å². The Kier molecular flexibility index (Phi) is 3.95. The fraction of sp³-hybridized carbons (Fsp3) is 0.409. The maximum Gasteiger partial charge on any atom is 0.0991 e. The predicted molar refractivity (Wildman–Crippen MR) is 108 cm³/mol. The predicted octanol–water partition coefficient (Wildman–Crippen LogP) is 4.30. The van der Waals surface area contributed by atoms with Crippen LogP contribution in [-0.2, 0) is 0 Å². The molecule has 0 bridgehead atoms. The summed E-state index contributed by atoms with van der Waals surface area (Å²) in [4.78, 5) is 4.17. The van der Waals surface area contributed by atoms with Gasteiger partial charge in [-0.3, -0.25) is 0 Å². The van der Waals surface area contributed by atoms with Crippen LogP contribution < -0.4 is 10.2 Å². The van der Waals surface area contributed by atoms with E-state index >= 15 is 0 Å². The highest BCUT2D eigenvalue weighted by atomic mass is 32.2. The van der Waals surface area contributed by atoms with Crippen LogP contribution in [0.3, 0.4) is 0 Å². The molecule has 0 radical (unpaired) electrons. The Labute approximate surface area is 159 Å². The van der Waals surface area contributed by atoms with Crippen LogP contribution in [0.4, 0.5) is 5.69 Å². The van der Waals surface area contributed by atoms with Gasteiger partial charge >= 0.3 is 0 Å². The van der Waals surface area contributed by atoms with Gasteiger partial charge in [0.15, 0.2) is 0 Å². The minimum Gasteiger partial charge on any atom is -0.367 e. The zero-order valence-electron chi connectivity index (χ0n) is 15.1. The molecule has 0 aliphatic carbocycles. The van der Waals surface area contributed by atoms with E-state index in [1.165, 1.54) is 58.0 Å². The molecule has 0 amide bonds. The molecule has 1 fully saturated rings. The second-order valence-corrected chi connectivity index (χ2v) is 8.75. The lowest BCUT2D eigenvalue weighted by Crippen LogP contribution is -2.44. The van der Waals surface area contributed by atoms with Crippen molar-refractivity contribution in [2.45, 2.75) is 36.6 Å². The normalized spacial score (nSPS) is 23.8. The van der Waals surface area contributed by atoms with Crippen molar-refractivity contribution >= 4 is 17.4 Å². The molecule has 0 saturated carbocycles. The average Bonchev–Trinajstić information content (AvgIpc) is 2.83. The first kappa shape index (κ1) is 16.2. The molecule has 2 aromatic carbocycles. The van der Waals surface area contributed by atoms with Crippen molar-refractivity contribution in [2.24, 2.45) is 0 Å². The summed E-state index contributed by atoms with van der Waals surface area (Å²) in [5.74, 6) is 1.81. The highest BCUT2D eigenvalue weighted by Crippen LogP contribution is 2.51. The third-order valence-corrected chi connectivity index (χ3v) is 7.22. The van der Waals surface area contributed by atoms with Gasteiger partial charge in [0.25, 0.3) is 0 Å². The summed E-state index contributed by atoms with van der Waals surface area (Å²) in [7, 11) is 0. The zero-order chi connectivity index (χ0) is 17.7. The van der Waals surface area contributed by atoms with Gasteiger partial charge in [0.1, 0.15) is 0 Å². The third kappa shape index (κ3) is 2.46. The van der Waals surface area contributed by atoms with E-state index in [4.69, 9.17) is 5.26 Å². The van der Waals surface area contributed by atoms with Crippen LogP contribution in [0.25, 0.3) is 11.1 Å². The first-order valence-electron chi connectivity index (χ1n) is 9.55. The Hall–Kier alpha value is -1.96. The first-order valence-corrected chi connectivity index (χ1v) is 10.5. The van der Waals surface area contributed by atoms with Crippen molar-refractivity contribution < 1.29 is 0 Å². The summed E-state index contributed by atoms with van der Waals surface area (Å²) in [5, 5.41) is 12.8. The molecule has 0 unspecified atom stereocenters. The van der Waals surface area contributed by atoms with Gasteiger partial charge in [-0.25, -0.2) is 0 Å². The summed E-state index contributed by atoms with van der Waals surface area (Å²) in [6.07, 6.45) is 2.51. The molecule has 26 heavy (non-hydrogen) atoms. The Morgan fingerprint density at radius 2 is 2.19 bits per heavy atom. The fourth-order valence-electron chi connectivity index (χ4n) is 4.94. The number of aryl methyl sites for hydroxylation is 1. The van der Waals surface area contributed by atoms with Crippen molar-refractivity contribution in [1.29, 1.82) is 5.26 Å². The summed E-state index contributed by atoms with van der Waals surface area (Å²) < 4.78 is 0. The molecule has 3 nitrogen and oxygen atoms in total. The molecule has 3 aliphatic rings. The molecule has 3 aliphatic heterocycles. The topological polar surface area (TPSA) is 39.1 Å². The maximum atomic E-state index is 9.16. The Morgan fingerprint density at radius 3 is 3.04 bits per heavy atom. The number of nitrogens with one attached hydrogen (secondary N) is 1. The first-order chi connectivity index (χ1) is 12.8. The molecule has 0 aromatic heterocycles. The van der Waals surface area contributed by atoms with Gasteiger partial charge in [-0.1, -0.05) is 6.07 Å². The summed E-state index contributed by atoms with van der Waals surface area (Å²) in [6.45, 7) is 5.54. The molecule has 4 heteroatoms. The van der Waals surface area contributed by atoms with Crippen LogP contribution in [0.15, 0.2) is 35.2 Å². The molecular formula is C22H23N3S. The van der Waals surface area contributed by atoms with Crippen LogP contribution in [0.2, 0.25) is 0 Å². The lowest BCUT2D eigenvalue weighted by molar-refractivity contribution is 0.403. The molecule has 2 aromatic rings. The van der Waals surface area contributed by atoms with Gasteiger partial charge in [-0.2, -0.15) is 5.26 Å². The number of thioether (sulfide) groups is 1. The van der Waals surface area contributed by atoms with Crippen molar-refractivity contribution in [3.05, 3.63) is 47.0 Å². The van der Waals surface area contributed by atoms with E-state index in [1.807, 2.05) is 23.9 Å².